The number of carbonyl (C=O) groups is 3. The monoisotopic (exact) mass is 244 g/mol. The van der Waals surface area contributed by atoms with Gasteiger partial charge in [0, 0.05) is 12.3 Å². The van der Waals surface area contributed by atoms with Crippen LogP contribution >= 0.6 is 23.2 Å². The Bertz CT molecular complexity index is 131. The van der Waals surface area contributed by atoms with Gasteiger partial charge in [-0.15, -0.1) is 23.2 Å². The van der Waals surface area contributed by atoms with E-state index in [1.807, 2.05) is 0 Å². The summed E-state index contributed by atoms with van der Waals surface area (Å²) in [6.45, 7) is 1.44. The SMILES string of the molecule is CC=O.O=CCCl.O=CC[C@H](O)CCl. The summed E-state index contributed by atoms with van der Waals surface area (Å²) < 4.78 is 0. The molecule has 0 heterocycles. The third kappa shape index (κ3) is 41.7. The molecule has 0 aliphatic heterocycles. The first-order valence-electron chi connectivity index (χ1n) is 3.71. The topological polar surface area (TPSA) is 71.4 Å². The van der Waals surface area contributed by atoms with Crippen molar-refractivity contribution >= 4 is 42.1 Å². The molecule has 0 aromatic heterocycles. The molecule has 0 aliphatic carbocycles. The number of rotatable bonds is 4. The zero-order chi connectivity index (χ0) is 11.8. The predicted octanol–water partition coefficient (Wildman–Crippen LogP) is 0.804. The number of aldehydes is 3. The van der Waals surface area contributed by atoms with Crippen LogP contribution in [0.2, 0.25) is 0 Å². The highest BCUT2D eigenvalue weighted by Gasteiger charge is 1.96. The van der Waals surface area contributed by atoms with Crippen molar-refractivity contribution in [2.45, 2.75) is 19.4 Å². The molecule has 0 saturated heterocycles. The lowest BCUT2D eigenvalue weighted by Crippen LogP contribution is -2.07. The smallest absolute Gasteiger partial charge is 0.134 e. The van der Waals surface area contributed by atoms with Gasteiger partial charge in [-0.3, -0.25) is 0 Å². The molecule has 4 nitrogen and oxygen atoms in total. The minimum atomic E-state index is -0.654. The summed E-state index contributed by atoms with van der Waals surface area (Å²) >= 11 is 9.94. The number of aliphatic hydroxyl groups excluding tert-OH is 1. The Balaban J connectivity index is -0.000000147. The molecule has 0 radical (unpaired) electrons. The molecule has 6 heteroatoms. The summed E-state index contributed by atoms with van der Waals surface area (Å²) in [6.07, 6.45) is 1.53. The maximum Gasteiger partial charge on any atom is 0.134 e. The molecule has 0 aliphatic rings. The summed E-state index contributed by atoms with van der Waals surface area (Å²) in [4.78, 5) is 27.4. The van der Waals surface area contributed by atoms with E-state index >= 15 is 0 Å². The summed E-state index contributed by atoms with van der Waals surface area (Å²) in [5, 5.41) is 8.49. The van der Waals surface area contributed by atoms with Crippen LogP contribution in [0.25, 0.3) is 0 Å². The number of alkyl halides is 2. The second-order valence-electron chi connectivity index (χ2n) is 1.77. The van der Waals surface area contributed by atoms with Crippen LogP contribution in [0.4, 0.5) is 0 Å². The molecule has 0 unspecified atom stereocenters. The minimum absolute atomic E-state index is 0.111. The first-order valence-corrected chi connectivity index (χ1v) is 4.78. The molecule has 0 bridgehead atoms. The number of hydrogen-bond donors (Lipinski definition) is 1. The van der Waals surface area contributed by atoms with E-state index in [0.29, 0.717) is 12.6 Å². The summed E-state index contributed by atoms with van der Waals surface area (Å²) in [6, 6.07) is 0. The molecule has 0 saturated carbocycles. The Morgan fingerprint density at radius 1 is 1.21 bits per heavy atom. The number of hydrogen-bond acceptors (Lipinski definition) is 4. The van der Waals surface area contributed by atoms with Crippen LogP contribution in [0.3, 0.4) is 0 Å². The number of halogens is 2. The van der Waals surface area contributed by atoms with Crippen LogP contribution in [0.15, 0.2) is 0 Å². The molecule has 0 fully saturated rings. The minimum Gasteiger partial charge on any atom is -0.391 e. The van der Waals surface area contributed by atoms with Crippen LogP contribution in [0, 0.1) is 0 Å². The van der Waals surface area contributed by atoms with E-state index in [2.05, 4.69) is 0 Å². The molecule has 84 valence electrons. The average Bonchev–Trinajstić information content (AvgIpc) is 2.20. The standard InChI is InChI=1S/C4H7ClO2.C2H3ClO.C2H4O/c5-3-4(7)1-2-6;3-1-2-4;1-2-3/h2,4,7H,1,3H2;2H,1H2;2H,1H3/t4-;;/m0../s1. The molecule has 0 spiro atoms. The van der Waals surface area contributed by atoms with Crippen LogP contribution in [-0.2, 0) is 14.4 Å². The molecule has 1 N–H and O–H groups in total. The fourth-order valence-electron chi connectivity index (χ4n) is 0.174. The molecular weight excluding hydrogens is 231 g/mol. The van der Waals surface area contributed by atoms with E-state index in [4.69, 9.17) is 37.9 Å². The van der Waals surface area contributed by atoms with Crippen molar-refractivity contribution < 1.29 is 19.5 Å². The summed E-state index contributed by atoms with van der Waals surface area (Å²) in [7, 11) is 0. The summed E-state index contributed by atoms with van der Waals surface area (Å²) in [5.74, 6) is 0.249. The average molecular weight is 245 g/mol. The zero-order valence-corrected chi connectivity index (χ0v) is 9.37. The van der Waals surface area contributed by atoms with Gasteiger partial charge in [0.05, 0.1) is 12.0 Å². The van der Waals surface area contributed by atoms with E-state index in [0.717, 1.165) is 6.29 Å². The molecule has 0 aromatic carbocycles. The number of aliphatic hydroxyl groups is 1. The highest BCUT2D eigenvalue weighted by molar-refractivity contribution is 6.24. The molecule has 0 rings (SSSR count). The largest absolute Gasteiger partial charge is 0.391 e. The van der Waals surface area contributed by atoms with Gasteiger partial charge in [0.2, 0.25) is 0 Å². The van der Waals surface area contributed by atoms with Gasteiger partial charge in [0.25, 0.3) is 0 Å². The van der Waals surface area contributed by atoms with Gasteiger partial charge in [-0.2, -0.15) is 0 Å². The lowest BCUT2D eigenvalue weighted by atomic mass is 10.3. The molecule has 0 amide bonds. The highest BCUT2D eigenvalue weighted by atomic mass is 35.5. The van der Waals surface area contributed by atoms with Crippen LogP contribution < -0.4 is 0 Å². The van der Waals surface area contributed by atoms with Gasteiger partial charge >= 0.3 is 0 Å². The molecule has 1 atom stereocenters. The second-order valence-corrected chi connectivity index (χ2v) is 2.38. The Labute approximate surface area is 93.2 Å². The first kappa shape index (κ1) is 19.2. The number of carbonyl (C=O) groups excluding carboxylic acids is 3. The lowest BCUT2D eigenvalue weighted by molar-refractivity contribution is -0.109. The highest BCUT2D eigenvalue weighted by Crippen LogP contribution is 1.88. The summed E-state index contributed by atoms with van der Waals surface area (Å²) in [5.41, 5.74) is 0. The first-order chi connectivity index (χ1) is 6.64. The van der Waals surface area contributed by atoms with E-state index < -0.39 is 6.10 Å². The van der Waals surface area contributed by atoms with E-state index in [-0.39, 0.29) is 18.2 Å². The maximum absolute atomic E-state index is 9.56. The fourth-order valence-corrected chi connectivity index (χ4v) is 0.300. The van der Waals surface area contributed by atoms with Crippen molar-refractivity contribution in [2.24, 2.45) is 0 Å². The maximum atomic E-state index is 9.56. The lowest BCUT2D eigenvalue weighted by Gasteiger charge is -1.95. The Kier molecular flexibility index (Phi) is 31.4. The van der Waals surface area contributed by atoms with Gasteiger partial charge < -0.3 is 19.5 Å². The molecule has 14 heavy (non-hydrogen) atoms. The van der Waals surface area contributed by atoms with Gasteiger partial charge in [-0.05, 0) is 6.92 Å². The fraction of sp³-hybridized carbons (Fsp3) is 0.625. The van der Waals surface area contributed by atoms with E-state index in [1.54, 1.807) is 0 Å². The van der Waals surface area contributed by atoms with Crippen LogP contribution in [-0.4, -0.2) is 41.8 Å². The van der Waals surface area contributed by atoms with Crippen LogP contribution in [0.5, 0.6) is 0 Å². The van der Waals surface area contributed by atoms with Gasteiger partial charge in [0.15, 0.2) is 0 Å². The Hall–Kier alpha value is -0.450. The van der Waals surface area contributed by atoms with Crippen molar-refractivity contribution in [3.05, 3.63) is 0 Å². The quantitative estimate of drug-likeness (QED) is 0.587. The van der Waals surface area contributed by atoms with Gasteiger partial charge in [0.1, 0.15) is 18.9 Å². The molecular formula is C8H14Cl2O4. The Morgan fingerprint density at radius 2 is 1.57 bits per heavy atom. The van der Waals surface area contributed by atoms with Crippen molar-refractivity contribution in [2.75, 3.05) is 11.8 Å². The van der Waals surface area contributed by atoms with Crippen molar-refractivity contribution in [3.63, 3.8) is 0 Å². The van der Waals surface area contributed by atoms with Crippen molar-refractivity contribution in [1.82, 2.24) is 0 Å². The predicted molar refractivity (Wildman–Crippen MR) is 55.9 cm³/mol. The second kappa shape index (κ2) is 22.9. The normalized spacial score (nSPS) is 9.43. The van der Waals surface area contributed by atoms with Crippen LogP contribution in [0.1, 0.15) is 13.3 Å². The van der Waals surface area contributed by atoms with Gasteiger partial charge in [-0.1, -0.05) is 0 Å². The molecule has 0 aromatic rings. The Morgan fingerprint density at radius 3 is 1.64 bits per heavy atom. The van der Waals surface area contributed by atoms with E-state index in [1.165, 1.54) is 6.92 Å². The third-order valence-electron chi connectivity index (χ3n) is 0.609. The van der Waals surface area contributed by atoms with E-state index in [9.17, 15) is 4.79 Å². The third-order valence-corrected chi connectivity index (χ3v) is 1.09. The van der Waals surface area contributed by atoms with Crippen molar-refractivity contribution in [3.8, 4) is 0 Å². The zero-order valence-electron chi connectivity index (χ0n) is 7.86. The van der Waals surface area contributed by atoms with Crippen molar-refractivity contribution in [1.29, 1.82) is 0 Å². The van der Waals surface area contributed by atoms with Gasteiger partial charge in [-0.25, -0.2) is 0 Å².